The average Bonchev–Trinajstić information content (AvgIpc) is 3.19. The summed E-state index contributed by atoms with van der Waals surface area (Å²) in [6.45, 7) is 3.07. The molecule has 1 atom stereocenters. The van der Waals surface area contributed by atoms with E-state index in [0.29, 0.717) is 6.04 Å². The molecule has 21 heavy (non-hydrogen) atoms. The van der Waals surface area contributed by atoms with Gasteiger partial charge < -0.3 is 5.32 Å². The lowest BCUT2D eigenvalue weighted by Crippen LogP contribution is -2.22. The molecule has 0 saturated carbocycles. The molecule has 2 aromatic heterocycles. The first-order valence-electron chi connectivity index (χ1n) is 6.98. The van der Waals surface area contributed by atoms with Gasteiger partial charge in [-0.1, -0.05) is 37.3 Å². The van der Waals surface area contributed by atoms with E-state index in [-0.39, 0.29) is 0 Å². The van der Waals surface area contributed by atoms with Crippen LogP contribution in [0, 0.1) is 0 Å². The molecule has 0 saturated heterocycles. The second-order valence-corrected chi connectivity index (χ2v) is 6.57. The van der Waals surface area contributed by atoms with E-state index in [1.807, 2.05) is 29.9 Å². The lowest BCUT2D eigenvalue weighted by atomic mass is 10.1. The molecule has 0 bridgehead atoms. The van der Waals surface area contributed by atoms with Crippen molar-refractivity contribution < 1.29 is 0 Å². The molecule has 5 heteroatoms. The molecule has 0 fully saturated rings. The summed E-state index contributed by atoms with van der Waals surface area (Å²) in [5.74, 6) is 0. The first kappa shape index (κ1) is 14.4. The maximum Gasteiger partial charge on any atom is 0.0951 e. The highest BCUT2D eigenvalue weighted by molar-refractivity contribution is 7.10. The number of thiazole rings is 2. The van der Waals surface area contributed by atoms with Crippen LogP contribution in [0.5, 0.6) is 0 Å². The lowest BCUT2D eigenvalue weighted by Gasteiger charge is -2.14. The van der Waals surface area contributed by atoms with E-state index in [1.165, 1.54) is 10.4 Å². The summed E-state index contributed by atoms with van der Waals surface area (Å²) in [6.07, 6.45) is 2.86. The zero-order chi connectivity index (χ0) is 14.5. The van der Waals surface area contributed by atoms with Gasteiger partial charge in [0.05, 0.1) is 16.2 Å². The zero-order valence-electron chi connectivity index (χ0n) is 11.8. The van der Waals surface area contributed by atoms with Gasteiger partial charge in [-0.25, -0.2) is 4.98 Å². The summed E-state index contributed by atoms with van der Waals surface area (Å²) in [6, 6.07) is 10.6. The molecular formula is C16H17N3S2. The van der Waals surface area contributed by atoms with Crippen molar-refractivity contribution in [3.8, 4) is 11.3 Å². The number of hydrogen-bond donors (Lipinski definition) is 1. The number of nitrogens with zero attached hydrogens (tertiary/aromatic N) is 2. The summed E-state index contributed by atoms with van der Waals surface area (Å²) < 4.78 is 0. The van der Waals surface area contributed by atoms with E-state index >= 15 is 0 Å². The molecule has 0 aliphatic carbocycles. The third kappa shape index (κ3) is 3.56. The zero-order valence-corrected chi connectivity index (χ0v) is 13.5. The Balaban J connectivity index is 1.77. The molecule has 0 radical (unpaired) electrons. The Hall–Kier alpha value is -1.56. The summed E-state index contributed by atoms with van der Waals surface area (Å²) in [5.41, 5.74) is 4.13. The maximum absolute atomic E-state index is 4.78. The van der Waals surface area contributed by atoms with Crippen molar-refractivity contribution in [2.24, 2.45) is 0 Å². The van der Waals surface area contributed by atoms with Gasteiger partial charge in [0.25, 0.3) is 0 Å². The SMILES string of the molecule is CCNC(Cc1nc(-c2ccccc2)cs1)c1cncs1. The molecule has 3 nitrogen and oxygen atoms in total. The molecule has 0 aliphatic heterocycles. The van der Waals surface area contributed by atoms with Crippen LogP contribution in [0.25, 0.3) is 11.3 Å². The van der Waals surface area contributed by atoms with Crippen molar-refractivity contribution in [2.75, 3.05) is 6.54 Å². The summed E-state index contributed by atoms with van der Waals surface area (Å²) in [4.78, 5) is 10.2. The summed E-state index contributed by atoms with van der Waals surface area (Å²) in [5, 5.41) is 6.82. The van der Waals surface area contributed by atoms with Crippen LogP contribution in [0.3, 0.4) is 0 Å². The summed E-state index contributed by atoms with van der Waals surface area (Å²) >= 11 is 3.43. The molecular weight excluding hydrogens is 298 g/mol. The van der Waals surface area contributed by atoms with Crippen molar-refractivity contribution in [1.29, 1.82) is 0 Å². The smallest absolute Gasteiger partial charge is 0.0951 e. The predicted molar refractivity (Wildman–Crippen MR) is 89.8 cm³/mol. The van der Waals surface area contributed by atoms with Crippen molar-refractivity contribution in [3.05, 3.63) is 57.3 Å². The molecule has 108 valence electrons. The van der Waals surface area contributed by atoms with Crippen LogP contribution in [0.1, 0.15) is 22.9 Å². The quantitative estimate of drug-likeness (QED) is 0.742. The number of benzene rings is 1. The monoisotopic (exact) mass is 315 g/mol. The second-order valence-electron chi connectivity index (χ2n) is 4.71. The van der Waals surface area contributed by atoms with Gasteiger partial charge >= 0.3 is 0 Å². The highest BCUT2D eigenvalue weighted by Gasteiger charge is 2.15. The number of nitrogens with one attached hydrogen (secondary N) is 1. The Morgan fingerprint density at radius 1 is 1.19 bits per heavy atom. The molecule has 1 unspecified atom stereocenters. The molecule has 3 rings (SSSR count). The van der Waals surface area contributed by atoms with Crippen LogP contribution in [0.15, 0.2) is 47.4 Å². The van der Waals surface area contributed by atoms with Gasteiger partial charge in [-0.15, -0.1) is 22.7 Å². The molecule has 1 aromatic carbocycles. The molecule has 0 amide bonds. The Morgan fingerprint density at radius 3 is 2.76 bits per heavy atom. The first-order valence-corrected chi connectivity index (χ1v) is 8.74. The number of aromatic nitrogens is 2. The Bertz CT molecular complexity index is 662. The van der Waals surface area contributed by atoms with Crippen molar-refractivity contribution in [1.82, 2.24) is 15.3 Å². The van der Waals surface area contributed by atoms with Crippen molar-refractivity contribution in [3.63, 3.8) is 0 Å². The highest BCUT2D eigenvalue weighted by atomic mass is 32.1. The maximum atomic E-state index is 4.78. The van der Waals surface area contributed by atoms with Crippen LogP contribution in [-0.4, -0.2) is 16.5 Å². The fourth-order valence-corrected chi connectivity index (χ4v) is 3.78. The minimum atomic E-state index is 0.303. The molecule has 2 heterocycles. The van der Waals surface area contributed by atoms with E-state index in [4.69, 9.17) is 4.98 Å². The Labute approximate surface area is 132 Å². The minimum absolute atomic E-state index is 0.303. The third-order valence-electron chi connectivity index (χ3n) is 3.25. The molecule has 1 N–H and O–H groups in total. The van der Waals surface area contributed by atoms with E-state index in [1.54, 1.807) is 22.7 Å². The molecule has 0 spiro atoms. The Kier molecular flexibility index (Phi) is 4.75. The van der Waals surface area contributed by atoms with Gasteiger partial charge in [0.1, 0.15) is 0 Å². The van der Waals surface area contributed by atoms with Gasteiger partial charge in [0, 0.05) is 34.5 Å². The van der Waals surface area contributed by atoms with Gasteiger partial charge in [-0.05, 0) is 6.54 Å². The van der Waals surface area contributed by atoms with Gasteiger partial charge in [0.15, 0.2) is 0 Å². The average molecular weight is 315 g/mol. The van der Waals surface area contributed by atoms with E-state index < -0.39 is 0 Å². The van der Waals surface area contributed by atoms with Gasteiger partial charge in [-0.3, -0.25) is 4.98 Å². The van der Waals surface area contributed by atoms with Crippen molar-refractivity contribution >= 4 is 22.7 Å². The van der Waals surface area contributed by atoms with Gasteiger partial charge in [0.2, 0.25) is 0 Å². The predicted octanol–water partition coefficient (Wildman–Crippen LogP) is 4.16. The Morgan fingerprint density at radius 2 is 2.05 bits per heavy atom. The van der Waals surface area contributed by atoms with E-state index in [9.17, 15) is 0 Å². The van der Waals surface area contributed by atoms with Crippen LogP contribution >= 0.6 is 22.7 Å². The normalized spacial score (nSPS) is 12.4. The minimum Gasteiger partial charge on any atom is -0.309 e. The van der Waals surface area contributed by atoms with Crippen LogP contribution < -0.4 is 5.32 Å². The largest absolute Gasteiger partial charge is 0.309 e. The van der Waals surface area contributed by atoms with Crippen LogP contribution in [-0.2, 0) is 6.42 Å². The topological polar surface area (TPSA) is 37.8 Å². The standard InChI is InChI=1S/C16H17N3S2/c1-2-18-13(15-9-17-11-21-15)8-16-19-14(10-20-16)12-6-4-3-5-7-12/h3-7,9-11,13,18H,2,8H2,1H3. The van der Waals surface area contributed by atoms with Gasteiger partial charge in [-0.2, -0.15) is 0 Å². The van der Waals surface area contributed by atoms with E-state index in [0.717, 1.165) is 23.7 Å². The third-order valence-corrected chi connectivity index (χ3v) is 5.01. The lowest BCUT2D eigenvalue weighted by molar-refractivity contribution is 0.556. The highest BCUT2D eigenvalue weighted by Crippen LogP contribution is 2.26. The fourth-order valence-electron chi connectivity index (χ4n) is 2.24. The second kappa shape index (κ2) is 6.93. The molecule has 0 aliphatic rings. The van der Waals surface area contributed by atoms with Crippen LogP contribution in [0.2, 0.25) is 0 Å². The first-order chi connectivity index (χ1) is 10.4. The number of likely N-dealkylation sites (N-methyl/N-ethyl adjacent to an activating group) is 1. The number of hydrogen-bond acceptors (Lipinski definition) is 5. The van der Waals surface area contributed by atoms with Crippen molar-refractivity contribution in [2.45, 2.75) is 19.4 Å². The fraction of sp³-hybridized carbons (Fsp3) is 0.250. The number of rotatable bonds is 6. The summed E-state index contributed by atoms with van der Waals surface area (Å²) in [7, 11) is 0. The molecule has 3 aromatic rings. The van der Waals surface area contributed by atoms with E-state index in [2.05, 4.69) is 34.7 Å². The van der Waals surface area contributed by atoms with Crippen LogP contribution in [0.4, 0.5) is 0 Å².